The molecule has 0 aliphatic heterocycles. The molecule has 4 nitrogen and oxygen atoms in total. The quantitative estimate of drug-likeness (QED) is 0.655. The molecule has 0 bridgehead atoms. The van der Waals surface area contributed by atoms with Gasteiger partial charge in [-0.2, -0.15) is 0 Å². The fraction of sp³-hybridized carbons (Fsp3) is 0.455. The fourth-order valence-electron chi connectivity index (χ4n) is 1.48. The average molecular weight is 322 g/mol. The van der Waals surface area contributed by atoms with Crippen molar-refractivity contribution >= 4 is 31.5 Å². The van der Waals surface area contributed by atoms with Gasteiger partial charge in [0.15, 0.2) is 13.5 Å². The number of anilines is 1. The number of halogens is 1. The van der Waals surface area contributed by atoms with Crippen molar-refractivity contribution in [1.29, 1.82) is 0 Å². The number of nitrogens with two attached hydrogens (primary N) is 1. The highest BCUT2D eigenvalue weighted by Crippen LogP contribution is 2.39. The van der Waals surface area contributed by atoms with Crippen LogP contribution in [0.3, 0.4) is 0 Å². The molecule has 0 fully saturated rings. The molecule has 0 radical (unpaired) electrons. The van der Waals surface area contributed by atoms with Gasteiger partial charge in [-0.05, 0) is 24.6 Å². The zero-order valence-corrected chi connectivity index (χ0v) is 12.1. The van der Waals surface area contributed by atoms with E-state index < -0.39 is 19.6 Å². The number of hydrogen-bond acceptors (Lipinski definition) is 4. The third kappa shape index (κ3) is 2.81. The zero-order chi connectivity index (χ0) is 13.3. The summed E-state index contributed by atoms with van der Waals surface area (Å²) in [5, 5.41) is 10.2. The van der Waals surface area contributed by atoms with Crippen LogP contribution in [0.5, 0.6) is 0 Å². The van der Waals surface area contributed by atoms with Crippen molar-refractivity contribution in [3.63, 3.8) is 0 Å². The van der Waals surface area contributed by atoms with Crippen LogP contribution in [0.1, 0.15) is 25.5 Å². The molecule has 96 valence electrons. The number of nitrogen functional groups attached to an aromatic ring is 1. The molecular weight excluding hydrogens is 306 g/mol. The predicted octanol–water partition coefficient (Wildman–Crippen LogP) is 1.85. The van der Waals surface area contributed by atoms with Gasteiger partial charge in [-0.1, -0.05) is 35.0 Å². The molecule has 1 aromatic carbocycles. The van der Waals surface area contributed by atoms with Gasteiger partial charge in [0, 0.05) is 11.4 Å². The molecule has 17 heavy (non-hydrogen) atoms. The molecule has 0 heterocycles. The first-order valence-corrected chi connectivity index (χ1v) is 7.61. The van der Waals surface area contributed by atoms with E-state index in [4.69, 9.17) is 5.73 Å². The van der Waals surface area contributed by atoms with E-state index in [1.54, 1.807) is 31.2 Å². The van der Waals surface area contributed by atoms with Crippen LogP contribution in [0, 0.1) is 0 Å². The normalized spacial score (nSPS) is 17.4. The van der Waals surface area contributed by atoms with Crippen LogP contribution in [0.4, 0.5) is 5.69 Å². The molecule has 0 aromatic heterocycles. The van der Waals surface area contributed by atoms with Crippen LogP contribution in [-0.4, -0.2) is 22.9 Å². The monoisotopic (exact) mass is 321 g/mol. The third-order valence-corrected chi connectivity index (χ3v) is 6.82. The maximum absolute atomic E-state index is 11.9. The molecule has 1 rings (SSSR count). The van der Waals surface area contributed by atoms with Gasteiger partial charge in [0.05, 0.1) is 0 Å². The molecule has 6 heteroatoms. The van der Waals surface area contributed by atoms with E-state index in [1.807, 2.05) is 0 Å². The van der Waals surface area contributed by atoms with Crippen LogP contribution in [0.25, 0.3) is 0 Å². The lowest BCUT2D eigenvalue weighted by atomic mass is 10.1. The SMILES string of the molecule is CCS(=O)(=O)[C@](C)(Br)[C@H](O)c1cccc(N)c1. The molecule has 0 unspecified atom stereocenters. The van der Waals surface area contributed by atoms with E-state index >= 15 is 0 Å². The van der Waals surface area contributed by atoms with Gasteiger partial charge < -0.3 is 10.8 Å². The maximum Gasteiger partial charge on any atom is 0.168 e. The minimum atomic E-state index is -3.43. The second-order valence-electron chi connectivity index (χ2n) is 3.96. The molecule has 0 aliphatic rings. The summed E-state index contributed by atoms with van der Waals surface area (Å²) in [6.45, 7) is 2.99. The highest BCUT2D eigenvalue weighted by atomic mass is 79.9. The lowest BCUT2D eigenvalue weighted by Gasteiger charge is -2.28. The Morgan fingerprint density at radius 2 is 2.12 bits per heavy atom. The van der Waals surface area contributed by atoms with Crippen LogP contribution >= 0.6 is 15.9 Å². The summed E-state index contributed by atoms with van der Waals surface area (Å²) in [6, 6.07) is 6.56. The smallest absolute Gasteiger partial charge is 0.168 e. The topological polar surface area (TPSA) is 80.4 Å². The molecule has 0 spiro atoms. The first kappa shape index (κ1) is 14.5. The summed E-state index contributed by atoms with van der Waals surface area (Å²) in [4.78, 5) is 0. The minimum Gasteiger partial charge on any atom is -0.399 e. The first-order valence-electron chi connectivity index (χ1n) is 5.17. The maximum atomic E-state index is 11.9. The van der Waals surface area contributed by atoms with Crippen LogP contribution < -0.4 is 5.73 Å². The zero-order valence-electron chi connectivity index (χ0n) is 9.72. The second-order valence-corrected chi connectivity index (χ2v) is 8.79. The third-order valence-electron chi connectivity index (χ3n) is 2.70. The first-order chi connectivity index (χ1) is 7.72. The largest absolute Gasteiger partial charge is 0.399 e. The molecule has 0 amide bonds. The molecule has 0 aliphatic carbocycles. The van der Waals surface area contributed by atoms with Gasteiger partial charge in [0.1, 0.15) is 6.10 Å². The lowest BCUT2D eigenvalue weighted by Crippen LogP contribution is -2.36. The number of aliphatic hydroxyl groups is 1. The fourth-order valence-corrected chi connectivity index (χ4v) is 3.47. The average Bonchev–Trinajstić information content (AvgIpc) is 2.27. The summed E-state index contributed by atoms with van der Waals surface area (Å²) in [5.41, 5.74) is 6.56. The van der Waals surface area contributed by atoms with E-state index in [0.29, 0.717) is 11.3 Å². The van der Waals surface area contributed by atoms with Gasteiger partial charge in [-0.25, -0.2) is 8.42 Å². The molecule has 2 atom stereocenters. The van der Waals surface area contributed by atoms with Crippen molar-refractivity contribution in [2.45, 2.75) is 23.6 Å². The highest BCUT2D eigenvalue weighted by Gasteiger charge is 2.42. The van der Waals surface area contributed by atoms with Crippen LogP contribution in [0.2, 0.25) is 0 Å². The number of benzene rings is 1. The Bertz CT molecular complexity index is 499. The van der Waals surface area contributed by atoms with Crippen molar-refractivity contribution in [3.05, 3.63) is 29.8 Å². The van der Waals surface area contributed by atoms with Gasteiger partial charge in [0.25, 0.3) is 0 Å². The van der Waals surface area contributed by atoms with E-state index in [-0.39, 0.29) is 5.75 Å². The number of sulfone groups is 1. The summed E-state index contributed by atoms with van der Waals surface area (Å²) < 4.78 is 22.4. The van der Waals surface area contributed by atoms with Gasteiger partial charge in [-0.15, -0.1) is 0 Å². The predicted molar refractivity (Wildman–Crippen MR) is 72.6 cm³/mol. The van der Waals surface area contributed by atoms with E-state index in [2.05, 4.69) is 15.9 Å². The van der Waals surface area contributed by atoms with Crippen molar-refractivity contribution in [2.24, 2.45) is 0 Å². The molecule has 0 saturated heterocycles. The van der Waals surface area contributed by atoms with Gasteiger partial charge >= 0.3 is 0 Å². The molecule has 1 aromatic rings. The van der Waals surface area contributed by atoms with Gasteiger partial charge in [0.2, 0.25) is 0 Å². The number of hydrogen-bond donors (Lipinski definition) is 2. The van der Waals surface area contributed by atoms with Crippen LogP contribution in [0.15, 0.2) is 24.3 Å². The number of rotatable bonds is 4. The van der Waals surface area contributed by atoms with E-state index in [1.165, 1.54) is 6.92 Å². The number of aliphatic hydroxyl groups excluding tert-OH is 1. The Balaban J connectivity index is 3.17. The Morgan fingerprint density at radius 3 is 2.59 bits per heavy atom. The highest BCUT2D eigenvalue weighted by molar-refractivity contribution is 9.11. The number of alkyl halides is 1. The molecular formula is C11H16BrNO3S. The summed E-state index contributed by atoms with van der Waals surface area (Å²) in [7, 11) is -3.43. The van der Waals surface area contributed by atoms with Crippen molar-refractivity contribution in [3.8, 4) is 0 Å². The minimum absolute atomic E-state index is 0.0475. The lowest BCUT2D eigenvalue weighted by molar-refractivity contribution is 0.167. The van der Waals surface area contributed by atoms with Gasteiger partial charge in [-0.3, -0.25) is 0 Å². The van der Waals surface area contributed by atoms with Crippen LogP contribution in [-0.2, 0) is 9.84 Å². The standard InChI is InChI=1S/C11H16BrNO3S/c1-3-17(15,16)11(2,12)10(14)8-5-4-6-9(13)7-8/h4-7,10,14H,3,13H2,1-2H3/t10-,11+/m1/s1. The Labute approximate surface area is 110 Å². The Hall–Kier alpha value is -0.590. The Morgan fingerprint density at radius 1 is 1.53 bits per heavy atom. The molecule has 0 saturated carbocycles. The summed E-state index contributed by atoms with van der Waals surface area (Å²) in [6.07, 6.45) is -1.17. The summed E-state index contributed by atoms with van der Waals surface area (Å²) in [5.74, 6) is -0.0475. The van der Waals surface area contributed by atoms with Crippen molar-refractivity contribution in [2.75, 3.05) is 11.5 Å². The second kappa shape index (κ2) is 4.96. The van der Waals surface area contributed by atoms with E-state index in [9.17, 15) is 13.5 Å². The molecule has 3 N–H and O–H groups in total. The van der Waals surface area contributed by atoms with E-state index in [0.717, 1.165) is 0 Å². The Kier molecular flexibility index (Phi) is 4.22. The van der Waals surface area contributed by atoms with Crippen molar-refractivity contribution < 1.29 is 13.5 Å². The van der Waals surface area contributed by atoms with Crippen molar-refractivity contribution in [1.82, 2.24) is 0 Å². The summed E-state index contributed by atoms with van der Waals surface area (Å²) >= 11 is 3.11.